The van der Waals surface area contributed by atoms with Crippen molar-refractivity contribution in [1.29, 1.82) is 0 Å². The van der Waals surface area contributed by atoms with Crippen LogP contribution in [0.15, 0.2) is 30.3 Å². The van der Waals surface area contributed by atoms with Gasteiger partial charge in [-0.15, -0.1) is 0 Å². The van der Waals surface area contributed by atoms with Crippen LogP contribution in [0.3, 0.4) is 0 Å². The average molecular weight is 541 g/mol. The van der Waals surface area contributed by atoms with Crippen molar-refractivity contribution >= 4 is 11.9 Å². The molecule has 1 saturated heterocycles. The van der Waals surface area contributed by atoms with Crippen molar-refractivity contribution < 1.29 is 46.1 Å². The maximum Gasteiger partial charge on any atom is 0.490 e. The van der Waals surface area contributed by atoms with Crippen LogP contribution >= 0.6 is 0 Å². The Morgan fingerprint density at radius 3 is 1.92 bits per heavy atom. The van der Waals surface area contributed by atoms with Crippen LogP contribution in [-0.4, -0.2) is 87.5 Å². The molecule has 0 spiro atoms. The van der Waals surface area contributed by atoms with Crippen LogP contribution in [0.1, 0.15) is 30.7 Å². The molecule has 0 aliphatic carbocycles. The molecule has 1 fully saturated rings. The second kappa shape index (κ2) is 14.6. The predicted octanol–water partition coefficient (Wildman–Crippen LogP) is 4.57. The largest absolute Gasteiger partial charge is 0.490 e. The Labute approximate surface area is 209 Å². The molecule has 208 valence electrons. The minimum absolute atomic E-state index is 0.906. The second-order valence-corrected chi connectivity index (χ2v) is 8.27. The number of nitrogens with one attached hydrogen (secondary N) is 1. The molecule has 2 aromatic rings. The number of likely N-dealkylation sites (N-methyl/N-ethyl adjacent to an activating group) is 1. The Kier molecular flexibility index (Phi) is 12.6. The molecule has 14 heteroatoms. The molecule has 0 bridgehead atoms. The van der Waals surface area contributed by atoms with Gasteiger partial charge in [0.2, 0.25) is 0 Å². The molecule has 0 unspecified atom stereocenters. The number of carboxylic acids is 2. The number of benzene rings is 1. The van der Waals surface area contributed by atoms with E-state index in [4.69, 9.17) is 24.8 Å². The van der Waals surface area contributed by atoms with Crippen molar-refractivity contribution in [3.05, 3.63) is 41.7 Å². The zero-order chi connectivity index (χ0) is 28.2. The number of nitrogens with zero attached hydrogens (tertiary/aromatic N) is 3. The number of alkyl halides is 6. The molecule has 1 aliphatic rings. The van der Waals surface area contributed by atoms with Gasteiger partial charge in [-0.25, -0.2) is 14.6 Å². The Balaban J connectivity index is 0.000000404. The topological polar surface area (TPSA) is 110 Å². The quantitative estimate of drug-likeness (QED) is 0.461. The van der Waals surface area contributed by atoms with Crippen LogP contribution in [0.2, 0.25) is 0 Å². The molecule has 1 aliphatic heterocycles. The molecule has 37 heavy (non-hydrogen) atoms. The molecule has 8 nitrogen and oxygen atoms in total. The van der Waals surface area contributed by atoms with Crippen LogP contribution in [-0.2, 0) is 16.1 Å². The molecule has 2 heterocycles. The SMILES string of the molecule is Cc1[nH]c(-c2ccccc2)nc1CN(C)CCN1CCCCC1.O=C(O)C(F)(F)F.O=C(O)C(F)(F)F. The highest BCUT2D eigenvalue weighted by molar-refractivity contribution is 5.73. The van der Waals surface area contributed by atoms with E-state index in [2.05, 4.69) is 53.0 Å². The molecule has 0 radical (unpaired) electrons. The predicted molar refractivity (Wildman–Crippen MR) is 123 cm³/mol. The molecule has 1 aromatic heterocycles. The summed E-state index contributed by atoms with van der Waals surface area (Å²) in [5.74, 6) is -4.54. The van der Waals surface area contributed by atoms with E-state index in [1.165, 1.54) is 44.6 Å². The fourth-order valence-electron chi connectivity index (χ4n) is 3.21. The highest BCUT2D eigenvalue weighted by Crippen LogP contribution is 2.18. The van der Waals surface area contributed by atoms with E-state index >= 15 is 0 Å². The number of carbonyl (C=O) groups is 2. The maximum absolute atomic E-state index is 10.6. The van der Waals surface area contributed by atoms with Gasteiger partial charge in [-0.05, 0) is 39.9 Å². The number of aliphatic carboxylic acids is 2. The second-order valence-electron chi connectivity index (χ2n) is 8.27. The summed E-state index contributed by atoms with van der Waals surface area (Å²) in [5.41, 5.74) is 3.48. The van der Waals surface area contributed by atoms with Gasteiger partial charge in [0, 0.05) is 30.9 Å². The molecule has 3 rings (SSSR count). The minimum atomic E-state index is -5.08. The number of H-pyrrole nitrogens is 1. The van der Waals surface area contributed by atoms with Gasteiger partial charge in [0.15, 0.2) is 0 Å². The lowest BCUT2D eigenvalue weighted by Crippen LogP contribution is -2.36. The summed E-state index contributed by atoms with van der Waals surface area (Å²) in [6, 6.07) is 10.3. The monoisotopic (exact) mass is 540 g/mol. The van der Waals surface area contributed by atoms with Crippen LogP contribution in [0.25, 0.3) is 11.4 Å². The lowest BCUT2D eigenvalue weighted by atomic mass is 10.1. The smallest absolute Gasteiger partial charge is 0.475 e. The minimum Gasteiger partial charge on any atom is -0.475 e. The number of likely N-dealkylation sites (tertiary alicyclic amines) is 1. The summed E-state index contributed by atoms with van der Waals surface area (Å²) < 4.78 is 63.5. The van der Waals surface area contributed by atoms with E-state index in [1.54, 1.807) is 0 Å². The summed E-state index contributed by atoms with van der Waals surface area (Å²) in [4.78, 5) is 31.0. The number of aryl methyl sites for hydroxylation is 1. The number of hydrogen-bond donors (Lipinski definition) is 3. The average Bonchev–Trinajstić information content (AvgIpc) is 3.18. The van der Waals surface area contributed by atoms with Crippen LogP contribution in [0.5, 0.6) is 0 Å². The first-order chi connectivity index (χ1) is 17.1. The first-order valence-corrected chi connectivity index (χ1v) is 11.2. The molecule has 0 atom stereocenters. The van der Waals surface area contributed by atoms with Crippen LogP contribution in [0.4, 0.5) is 26.3 Å². The van der Waals surface area contributed by atoms with E-state index in [1.807, 2.05) is 6.07 Å². The fourth-order valence-corrected chi connectivity index (χ4v) is 3.21. The fraction of sp³-hybridized carbons (Fsp3) is 0.522. The van der Waals surface area contributed by atoms with E-state index < -0.39 is 24.3 Å². The number of piperidine rings is 1. The third kappa shape index (κ3) is 12.6. The number of rotatable bonds is 6. The molecule has 1 aromatic carbocycles. The van der Waals surface area contributed by atoms with Gasteiger partial charge in [-0.3, -0.25) is 4.90 Å². The van der Waals surface area contributed by atoms with Crippen LogP contribution in [0, 0.1) is 6.92 Å². The van der Waals surface area contributed by atoms with E-state index in [0.29, 0.717) is 0 Å². The van der Waals surface area contributed by atoms with Gasteiger partial charge in [0.1, 0.15) is 5.82 Å². The number of aromatic nitrogens is 2. The number of hydrogen-bond acceptors (Lipinski definition) is 5. The molecular weight excluding hydrogens is 510 g/mol. The number of aromatic amines is 1. The normalized spacial score (nSPS) is 14.3. The number of imidazole rings is 1. The van der Waals surface area contributed by atoms with Crippen molar-refractivity contribution in [2.75, 3.05) is 33.2 Å². The van der Waals surface area contributed by atoms with Crippen molar-refractivity contribution in [2.24, 2.45) is 0 Å². The van der Waals surface area contributed by atoms with Gasteiger partial charge in [0.05, 0.1) is 5.69 Å². The van der Waals surface area contributed by atoms with Crippen molar-refractivity contribution in [3.63, 3.8) is 0 Å². The summed E-state index contributed by atoms with van der Waals surface area (Å²) in [5, 5.41) is 14.2. The van der Waals surface area contributed by atoms with E-state index in [9.17, 15) is 26.3 Å². The van der Waals surface area contributed by atoms with Crippen LogP contribution < -0.4 is 0 Å². The van der Waals surface area contributed by atoms with Gasteiger partial charge in [-0.1, -0.05) is 36.8 Å². The first-order valence-electron chi connectivity index (χ1n) is 11.2. The van der Waals surface area contributed by atoms with Crippen molar-refractivity contribution in [1.82, 2.24) is 19.8 Å². The standard InChI is InChI=1S/C19H28N4.2C2HF3O2/c1-16-18(21-19(20-16)17-9-5-3-6-10-17)15-22(2)13-14-23-11-7-4-8-12-23;2*3-2(4,5)1(6)7/h3,5-6,9-10H,4,7-8,11-15H2,1-2H3,(H,20,21);2*(H,6,7). The Morgan fingerprint density at radius 2 is 1.46 bits per heavy atom. The molecule has 0 amide bonds. The first kappa shape index (κ1) is 31.9. The molecular formula is C23H30F6N4O4. The zero-order valence-electron chi connectivity index (χ0n) is 20.4. The molecule has 3 N–H and O–H groups in total. The number of carboxylic acid groups (broad SMARTS) is 2. The number of halogens is 6. The van der Waals surface area contributed by atoms with Gasteiger partial charge < -0.3 is 20.1 Å². The lowest BCUT2D eigenvalue weighted by Gasteiger charge is -2.28. The summed E-state index contributed by atoms with van der Waals surface area (Å²) >= 11 is 0. The van der Waals surface area contributed by atoms with Gasteiger partial charge in [0.25, 0.3) is 0 Å². The van der Waals surface area contributed by atoms with Gasteiger partial charge >= 0.3 is 24.3 Å². The maximum atomic E-state index is 10.6. The van der Waals surface area contributed by atoms with Crippen molar-refractivity contribution in [2.45, 2.75) is 45.1 Å². The Hall–Kier alpha value is -3.13. The highest BCUT2D eigenvalue weighted by atomic mass is 19.4. The third-order valence-electron chi connectivity index (χ3n) is 5.18. The molecule has 0 saturated carbocycles. The van der Waals surface area contributed by atoms with E-state index in [0.717, 1.165) is 30.2 Å². The highest BCUT2D eigenvalue weighted by Gasteiger charge is 2.38. The van der Waals surface area contributed by atoms with Gasteiger partial charge in [-0.2, -0.15) is 26.3 Å². The summed E-state index contributed by atoms with van der Waals surface area (Å²) in [7, 11) is 2.19. The summed E-state index contributed by atoms with van der Waals surface area (Å²) in [6.45, 7) is 7.84. The zero-order valence-corrected chi connectivity index (χ0v) is 20.4. The summed E-state index contributed by atoms with van der Waals surface area (Å²) in [6.07, 6.45) is -6.04. The van der Waals surface area contributed by atoms with Crippen molar-refractivity contribution in [3.8, 4) is 11.4 Å². The Morgan fingerprint density at radius 1 is 0.973 bits per heavy atom. The Bertz CT molecular complexity index is 950. The lowest BCUT2D eigenvalue weighted by molar-refractivity contribution is -0.193. The van der Waals surface area contributed by atoms with E-state index in [-0.39, 0.29) is 0 Å². The third-order valence-corrected chi connectivity index (χ3v) is 5.18.